The SMILES string of the molecule is O=C(CN=C(NCCc1ccco1)NC1CCCCC1)N1CCCC1. The van der Waals surface area contributed by atoms with Gasteiger partial charge in [0.25, 0.3) is 0 Å². The molecular formula is C19H30N4O2. The highest BCUT2D eigenvalue weighted by Crippen LogP contribution is 2.17. The molecule has 3 rings (SSSR count). The molecule has 0 aromatic carbocycles. The van der Waals surface area contributed by atoms with Gasteiger partial charge < -0.3 is 20.0 Å². The molecule has 0 spiro atoms. The van der Waals surface area contributed by atoms with Crippen LogP contribution < -0.4 is 10.6 Å². The zero-order chi connectivity index (χ0) is 17.3. The Bertz CT molecular complexity index is 544. The first kappa shape index (κ1) is 17.8. The summed E-state index contributed by atoms with van der Waals surface area (Å²) in [7, 11) is 0. The van der Waals surface area contributed by atoms with Crippen molar-refractivity contribution in [3.05, 3.63) is 24.2 Å². The maximum Gasteiger partial charge on any atom is 0.244 e. The van der Waals surface area contributed by atoms with Gasteiger partial charge in [0.1, 0.15) is 12.3 Å². The summed E-state index contributed by atoms with van der Waals surface area (Å²) in [5, 5.41) is 6.88. The monoisotopic (exact) mass is 346 g/mol. The Morgan fingerprint density at radius 2 is 2.00 bits per heavy atom. The summed E-state index contributed by atoms with van der Waals surface area (Å²) < 4.78 is 5.37. The smallest absolute Gasteiger partial charge is 0.244 e. The quantitative estimate of drug-likeness (QED) is 0.613. The lowest BCUT2D eigenvalue weighted by Gasteiger charge is -2.25. The molecule has 1 saturated heterocycles. The van der Waals surface area contributed by atoms with Gasteiger partial charge in [-0.1, -0.05) is 19.3 Å². The summed E-state index contributed by atoms with van der Waals surface area (Å²) in [5.74, 6) is 1.84. The Balaban J connectivity index is 1.52. The molecule has 1 aliphatic carbocycles. The molecule has 0 bridgehead atoms. The zero-order valence-corrected chi connectivity index (χ0v) is 15.0. The van der Waals surface area contributed by atoms with Gasteiger partial charge in [0.05, 0.1) is 6.26 Å². The molecular weight excluding hydrogens is 316 g/mol. The number of carbonyl (C=O) groups excluding carboxylic acids is 1. The van der Waals surface area contributed by atoms with E-state index >= 15 is 0 Å². The summed E-state index contributed by atoms with van der Waals surface area (Å²) in [6, 6.07) is 4.34. The van der Waals surface area contributed by atoms with Gasteiger partial charge in [-0.3, -0.25) is 4.79 Å². The van der Waals surface area contributed by atoms with Crippen LogP contribution in [-0.2, 0) is 11.2 Å². The maximum atomic E-state index is 12.3. The van der Waals surface area contributed by atoms with E-state index in [1.165, 1.54) is 32.1 Å². The molecule has 6 nitrogen and oxygen atoms in total. The van der Waals surface area contributed by atoms with E-state index in [1.54, 1.807) is 6.26 Å². The van der Waals surface area contributed by atoms with Crippen molar-refractivity contribution in [1.82, 2.24) is 15.5 Å². The first-order valence-corrected chi connectivity index (χ1v) is 9.66. The van der Waals surface area contributed by atoms with E-state index < -0.39 is 0 Å². The van der Waals surface area contributed by atoms with Gasteiger partial charge in [-0.25, -0.2) is 4.99 Å². The molecule has 2 aliphatic rings. The number of likely N-dealkylation sites (tertiary alicyclic amines) is 1. The van der Waals surface area contributed by atoms with Crippen molar-refractivity contribution in [1.29, 1.82) is 0 Å². The molecule has 1 aromatic rings. The second-order valence-electron chi connectivity index (χ2n) is 6.99. The molecule has 0 unspecified atom stereocenters. The number of furan rings is 1. The van der Waals surface area contributed by atoms with Gasteiger partial charge in [0, 0.05) is 32.1 Å². The Morgan fingerprint density at radius 3 is 2.72 bits per heavy atom. The van der Waals surface area contributed by atoms with Gasteiger partial charge in [-0.05, 0) is 37.8 Å². The fraction of sp³-hybridized carbons (Fsp3) is 0.684. The second kappa shape index (κ2) is 9.49. The molecule has 0 atom stereocenters. The van der Waals surface area contributed by atoms with E-state index in [2.05, 4.69) is 15.6 Å². The van der Waals surface area contributed by atoms with Crippen LogP contribution in [0.2, 0.25) is 0 Å². The van der Waals surface area contributed by atoms with Crippen LogP contribution in [0.3, 0.4) is 0 Å². The first-order valence-electron chi connectivity index (χ1n) is 9.66. The summed E-state index contributed by atoms with van der Waals surface area (Å²) in [6.45, 7) is 2.73. The van der Waals surface area contributed by atoms with Crippen LogP contribution in [0.5, 0.6) is 0 Å². The van der Waals surface area contributed by atoms with Crippen molar-refractivity contribution in [2.45, 2.75) is 57.4 Å². The van der Waals surface area contributed by atoms with Gasteiger partial charge in [0.15, 0.2) is 5.96 Å². The highest BCUT2D eigenvalue weighted by molar-refractivity contribution is 5.85. The fourth-order valence-electron chi connectivity index (χ4n) is 3.57. The molecule has 0 radical (unpaired) electrons. The van der Waals surface area contributed by atoms with E-state index in [1.807, 2.05) is 17.0 Å². The lowest BCUT2D eigenvalue weighted by molar-refractivity contribution is -0.128. The summed E-state index contributed by atoms with van der Waals surface area (Å²) in [5.41, 5.74) is 0. The Labute approximate surface area is 150 Å². The number of nitrogens with zero attached hydrogens (tertiary/aromatic N) is 2. The normalized spacial score (nSPS) is 19.2. The predicted molar refractivity (Wildman–Crippen MR) is 98.5 cm³/mol. The van der Waals surface area contributed by atoms with Crippen molar-refractivity contribution < 1.29 is 9.21 Å². The van der Waals surface area contributed by atoms with Crippen LogP contribution in [-0.4, -0.2) is 49.0 Å². The number of rotatable bonds is 6. The average molecular weight is 346 g/mol. The van der Waals surface area contributed by atoms with Gasteiger partial charge in [-0.15, -0.1) is 0 Å². The summed E-state index contributed by atoms with van der Waals surface area (Å²) >= 11 is 0. The standard InChI is InChI=1S/C19H30N4O2/c24-18(23-12-4-5-13-23)15-21-19(22-16-7-2-1-3-8-16)20-11-10-17-9-6-14-25-17/h6,9,14,16H,1-5,7-8,10-13,15H2,(H2,20,21,22). The largest absolute Gasteiger partial charge is 0.469 e. The van der Waals surface area contributed by atoms with E-state index in [0.29, 0.717) is 6.04 Å². The highest BCUT2D eigenvalue weighted by atomic mass is 16.3. The van der Waals surface area contributed by atoms with Crippen molar-refractivity contribution in [3.63, 3.8) is 0 Å². The Morgan fingerprint density at radius 1 is 1.20 bits per heavy atom. The molecule has 1 amide bonds. The minimum atomic E-state index is 0.133. The minimum absolute atomic E-state index is 0.133. The minimum Gasteiger partial charge on any atom is -0.469 e. The van der Waals surface area contributed by atoms with Crippen molar-refractivity contribution >= 4 is 11.9 Å². The lowest BCUT2D eigenvalue weighted by atomic mass is 9.96. The third-order valence-electron chi connectivity index (χ3n) is 5.02. The van der Waals surface area contributed by atoms with Crippen LogP contribution >= 0.6 is 0 Å². The van der Waals surface area contributed by atoms with Gasteiger partial charge >= 0.3 is 0 Å². The number of nitrogens with one attached hydrogen (secondary N) is 2. The number of guanidine groups is 1. The lowest BCUT2D eigenvalue weighted by Crippen LogP contribution is -2.45. The highest BCUT2D eigenvalue weighted by Gasteiger charge is 2.18. The topological polar surface area (TPSA) is 69.9 Å². The van der Waals surface area contributed by atoms with Gasteiger partial charge in [-0.2, -0.15) is 0 Å². The average Bonchev–Trinajstić information content (AvgIpc) is 3.34. The van der Waals surface area contributed by atoms with Crippen molar-refractivity contribution in [3.8, 4) is 0 Å². The third-order valence-corrected chi connectivity index (χ3v) is 5.02. The summed E-state index contributed by atoms with van der Waals surface area (Å²) in [6.07, 6.45) is 10.9. The molecule has 1 aliphatic heterocycles. The second-order valence-corrected chi connectivity index (χ2v) is 6.99. The van der Waals surface area contributed by atoms with Crippen LogP contribution in [0.1, 0.15) is 50.7 Å². The number of amides is 1. The number of aliphatic imine (C=N–C) groups is 1. The van der Waals surface area contributed by atoms with Crippen LogP contribution in [0.15, 0.2) is 27.8 Å². The predicted octanol–water partition coefficient (Wildman–Crippen LogP) is 2.31. The van der Waals surface area contributed by atoms with Crippen LogP contribution in [0.25, 0.3) is 0 Å². The molecule has 2 N–H and O–H groups in total. The van der Waals surface area contributed by atoms with Crippen molar-refractivity contribution in [2.24, 2.45) is 4.99 Å². The number of hydrogen-bond acceptors (Lipinski definition) is 3. The molecule has 2 heterocycles. The Hall–Kier alpha value is -1.98. The van der Waals surface area contributed by atoms with E-state index in [4.69, 9.17) is 4.42 Å². The molecule has 138 valence electrons. The molecule has 2 fully saturated rings. The number of carbonyl (C=O) groups is 1. The van der Waals surface area contributed by atoms with Gasteiger partial charge in [0.2, 0.25) is 5.91 Å². The first-order chi connectivity index (χ1) is 12.3. The molecule has 1 saturated carbocycles. The van der Waals surface area contributed by atoms with Crippen LogP contribution in [0, 0.1) is 0 Å². The third kappa shape index (κ3) is 5.80. The molecule has 1 aromatic heterocycles. The zero-order valence-electron chi connectivity index (χ0n) is 15.0. The van der Waals surface area contributed by atoms with Crippen molar-refractivity contribution in [2.75, 3.05) is 26.2 Å². The van der Waals surface area contributed by atoms with E-state index in [9.17, 15) is 4.79 Å². The van der Waals surface area contributed by atoms with E-state index in [0.717, 1.165) is 50.6 Å². The maximum absolute atomic E-state index is 12.3. The summed E-state index contributed by atoms with van der Waals surface area (Å²) in [4.78, 5) is 18.7. The number of hydrogen-bond donors (Lipinski definition) is 2. The van der Waals surface area contributed by atoms with Crippen LogP contribution in [0.4, 0.5) is 0 Å². The molecule has 6 heteroatoms. The Kier molecular flexibility index (Phi) is 6.77. The fourth-order valence-corrected chi connectivity index (χ4v) is 3.57. The van der Waals surface area contributed by atoms with E-state index in [-0.39, 0.29) is 12.5 Å². The molecule has 25 heavy (non-hydrogen) atoms.